The summed E-state index contributed by atoms with van der Waals surface area (Å²) in [5, 5.41) is 0. The summed E-state index contributed by atoms with van der Waals surface area (Å²) in [6.07, 6.45) is 2.99. The average Bonchev–Trinajstić information content (AvgIpc) is 2.46. The first-order valence-corrected chi connectivity index (χ1v) is 6.32. The van der Waals surface area contributed by atoms with Crippen LogP contribution in [0.5, 0.6) is 0 Å². The van der Waals surface area contributed by atoms with Crippen molar-refractivity contribution in [1.82, 2.24) is 9.97 Å². The van der Waals surface area contributed by atoms with Gasteiger partial charge in [-0.2, -0.15) is 0 Å². The molecule has 1 amide bonds. The molecule has 0 aliphatic heterocycles. The van der Waals surface area contributed by atoms with Crippen molar-refractivity contribution >= 4 is 17.4 Å². The molecule has 0 saturated heterocycles. The van der Waals surface area contributed by atoms with Gasteiger partial charge >= 0.3 is 0 Å². The highest BCUT2D eigenvalue weighted by Gasteiger charge is 2.17. The van der Waals surface area contributed by atoms with Gasteiger partial charge in [-0.15, -0.1) is 0 Å². The lowest BCUT2D eigenvalue weighted by molar-refractivity contribution is 0.0995. The predicted molar refractivity (Wildman–Crippen MR) is 78.1 cm³/mol. The van der Waals surface area contributed by atoms with Gasteiger partial charge in [-0.3, -0.25) is 4.79 Å². The highest BCUT2D eigenvalue weighted by molar-refractivity contribution is 5.95. The SMILES string of the molecule is CCN(Cc1ccccc1N)c1nccnc1C(N)=O. The van der Waals surface area contributed by atoms with Gasteiger partial charge in [0, 0.05) is 31.2 Å². The molecule has 0 saturated carbocycles. The summed E-state index contributed by atoms with van der Waals surface area (Å²) in [7, 11) is 0. The molecule has 2 aromatic rings. The van der Waals surface area contributed by atoms with Crippen LogP contribution in [0.4, 0.5) is 11.5 Å². The number of anilines is 2. The zero-order chi connectivity index (χ0) is 14.5. The topological polar surface area (TPSA) is 98.1 Å². The van der Waals surface area contributed by atoms with Crippen LogP contribution in [0.1, 0.15) is 23.0 Å². The average molecular weight is 271 g/mol. The van der Waals surface area contributed by atoms with E-state index in [2.05, 4.69) is 9.97 Å². The van der Waals surface area contributed by atoms with Crippen LogP contribution in [0.25, 0.3) is 0 Å². The van der Waals surface area contributed by atoms with Gasteiger partial charge in [-0.1, -0.05) is 18.2 Å². The van der Waals surface area contributed by atoms with Crippen molar-refractivity contribution < 1.29 is 4.79 Å². The zero-order valence-corrected chi connectivity index (χ0v) is 11.3. The summed E-state index contributed by atoms with van der Waals surface area (Å²) in [6, 6.07) is 7.59. The molecule has 1 aromatic heterocycles. The van der Waals surface area contributed by atoms with Gasteiger partial charge in [0.15, 0.2) is 11.5 Å². The van der Waals surface area contributed by atoms with Gasteiger partial charge in [0.05, 0.1) is 0 Å². The largest absolute Gasteiger partial charge is 0.398 e. The number of aromatic nitrogens is 2. The molecule has 0 radical (unpaired) electrons. The molecule has 0 unspecified atom stereocenters. The molecule has 20 heavy (non-hydrogen) atoms. The van der Waals surface area contributed by atoms with Gasteiger partial charge in [-0.25, -0.2) is 9.97 Å². The molecule has 0 spiro atoms. The minimum atomic E-state index is -0.590. The van der Waals surface area contributed by atoms with Crippen LogP contribution in [0.2, 0.25) is 0 Å². The molecule has 0 bridgehead atoms. The molecule has 1 aromatic carbocycles. The van der Waals surface area contributed by atoms with E-state index in [0.29, 0.717) is 24.6 Å². The number of rotatable bonds is 5. The second-order valence-corrected chi connectivity index (χ2v) is 4.31. The van der Waals surface area contributed by atoms with Crippen molar-refractivity contribution in [1.29, 1.82) is 0 Å². The van der Waals surface area contributed by atoms with Crippen molar-refractivity contribution in [2.24, 2.45) is 5.73 Å². The monoisotopic (exact) mass is 271 g/mol. The molecule has 0 aliphatic rings. The standard InChI is InChI=1S/C14H17N5O/c1-2-19(9-10-5-3-4-6-11(10)15)14-12(13(16)20)17-7-8-18-14/h3-8H,2,9,15H2,1H3,(H2,16,20). The Morgan fingerprint density at radius 3 is 2.60 bits per heavy atom. The van der Waals surface area contributed by atoms with E-state index in [4.69, 9.17) is 11.5 Å². The second-order valence-electron chi connectivity index (χ2n) is 4.31. The molecule has 6 nitrogen and oxygen atoms in total. The number of para-hydroxylation sites is 1. The lowest BCUT2D eigenvalue weighted by atomic mass is 10.1. The molecule has 1 heterocycles. The third-order valence-corrected chi connectivity index (χ3v) is 3.01. The normalized spacial score (nSPS) is 10.2. The van der Waals surface area contributed by atoms with E-state index in [9.17, 15) is 4.79 Å². The van der Waals surface area contributed by atoms with Crippen LogP contribution in [-0.4, -0.2) is 22.4 Å². The molecular weight excluding hydrogens is 254 g/mol. The Balaban J connectivity index is 2.34. The smallest absolute Gasteiger partial charge is 0.271 e. The molecule has 2 rings (SSSR count). The summed E-state index contributed by atoms with van der Waals surface area (Å²) in [6.45, 7) is 3.17. The van der Waals surface area contributed by atoms with Gasteiger partial charge in [0.1, 0.15) is 0 Å². The third kappa shape index (κ3) is 2.85. The van der Waals surface area contributed by atoms with E-state index in [1.54, 1.807) is 6.20 Å². The molecule has 4 N–H and O–H groups in total. The van der Waals surface area contributed by atoms with E-state index in [-0.39, 0.29) is 5.69 Å². The van der Waals surface area contributed by atoms with E-state index < -0.39 is 5.91 Å². The van der Waals surface area contributed by atoms with Gasteiger partial charge in [0.25, 0.3) is 5.91 Å². The summed E-state index contributed by atoms with van der Waals surface area (Å²) in [5.41, 5.74) is 13.1. The Labute approximate surface area is 117 Å². The molecule has 0 fully saturated rings. The first kappa shape index (κ1) is 13.8. The predicted octanol–water partition coefficient (Wildman–Crippen LogP) is 1.18. The molecular formula is C14H17N5O. The van der Waals surface area contributed by atoms with Gasteiger partial charge in [-0.05, 0) is 18.6 Å². The number of carbonyl (C=O) groups excluding carboxylic acids is 1. The zero-order valence-electron chi connectivity index (χ0n) is 11.3. The maximum absolute atomic E-state index is 11.4. The third-order valence-electron chi connectivity index (χ3n) is 3.01. The lowest BCUT2D eigenvalue weighted by Gasteiger charge is -2.23. The minimum Gasteiger partial charge on any atom is -0.398 e. The fraction of sp³-hybridized carbons (Fsp3) is 0.214. The Hall–Kier alpha value is -2.63. The van der Waals surface area contributed by atoms with E-state index in [1.165, 1.54) is 6.20 Å². The highest BCUT2D eigenvalue weighted by atomic mass is 16.1. The Morgan fingerprint density at radius 1 is 1.25 bits per heavy atom. The first-order chi connectivity index (χ1) is 9.63. The maximum atomic E-state index is 11.4. The summed E-state index contributed by atoms with van der Waals surface area (Å²) in [4.78, 5) is 21.6. The highest BCUT2D eigenvalue weighted by Crippen LogP contribution is 2.20. The first-order valence-electron chi connectivity index (χ1n) is 6.32. The Bertz CT molecular complexity index is 614. The molecule has 0 atom stereocenters. The second kappa shape index (κ2) is 6.01. The van der Waals surface area contributed by atoms with Crippen LogP contribution in [0, 0.1) is 0 Å². The quantitative estimate of drug-likeness (QED) is 0.796. The fourth-order valence-electron chi connectivity index (χ4n) is 1.96. The van der Waals surface area contributed by atoms with Gasteiger partial charge in [0.2, 0.25) is 0 Å². The van der Waals surface area contributed by atoms with Crippen LogP contribution in [-0.2, 0) is 6.54 Å². The van der Waals surface area contributed by atoms with Crippen molar-refractivity contribution in [3.63, 3.8) is 0 Å². The number of hydrogen-bond donors (Lipinski definition) is 2. The number of carbonyl (C=O) groups is 1. The van der Waals surface area contributed by atoms with Gasteiger partial charge < -0.3 is 16.4 Å². The number of amides is 1. The number of primary amides is 1. The van der Waals surface area contributed by atoms with Crippen molar-refractivity contribution in [2.45, 2.75) is 13.5 Å². The van der Waals surface area contributed by atoms with Crippen LogP contribution in [0.15, 0.2) is 36.7 Å². The van der Waals surface area contributed by atoms with Crippen molar-refractivity contribution in [3.05, 3.63) is 47.9 Å². The van der Waals surface area contributed by atoms with Crippen molar-refractivity contribution in [2.75, 3.05) is 17.2 Å². The number of nitrogen functional groups attached to an aromatic ring is 1. The summed E-state index contributed by atoms with van der Waals surface area (Å²) < 4.78 is 0. The van der Waals surface area contributed by atoms with E-state index in [1.807, 2.05) is 36.1 Å². The molecule has 6 heteroatoms. The maximum Gasteiger partial charge on any atom is 0.271 e. The van der Waals surface area contributed by atoms with Crippen LogP contribution >= 0.6 is 0 Å². The Kier molecular flexibility index (Phi) is 4.14. The van der Waals surface area contributed by atoms with E-state index in [0.717, 1.165) is 5.56 Å². The van der Waals surface area contributed by atoms with E-state index >= 15 is 0 Å². The number of benzene rings is 1. The van der Waals surface area contributed by atoms with Crippen LogP contribution in [0.3, 0.4) is 0 Å². The lowest BCUT2D eigenvalue weighted by Crippen LogP contribution is -2.28. The summed E-state index contributed by atoms with van der Waals surface area (Å²) in [5.74, 6) is -0.113. The minimum absolute atomic E-state index is 0.170. The molecule has 104 valence electrons. The van der Waals surface area contributed by atoms with Crippen LogP contribution < -0.4 is 16.4 Å². The summed E-state index contributed by atoms with van der Waals surface area (Å²) >= 11 is 0. The van der Waals surface area contributed by atoms with Crippen molar-refractivity contribution in [3.8, 4) is 0 Å². The fourth-order valence-corrected chi connectivity index (χ4v) is 1.96. The number of hydrogen-bond acceptors (Lipinski definition) is 5. The molecule has 0 aliphatic carbocycles. The number of nitrogens with zero attached hydrogens (tertiary/aromatic N) is 3. The Morgan fingerprint density at radius 2 is 1.95 bits per heavy atom. The number of nitrogens with two attached hydrogens (primary N) is 2.